The van der Waals surface area contributed by atoms with E-state index in [9.17, 15) is 5.26 Å². The Morgan fingerprint density at radius 3 is 2.06 bits per heavy atom. The summed E-state index contributed by atoms with van der Waals surface area (Å²) < 4.78 is 0. The van der Waals surface area contributed by atoms with Gasteiger partial charge in [0, 0.05) is 45.8 Å². The van der Waals surface area contributed by atoms with E-state index in [1.54, 1.807) is 0 Å². The van der Waals surface area contributed by atoms with Gasteiger partial charge in [-0.05, 0) is 13.8 Å². The van der Waals surface area contributed by atoms with Gasteiger partial charge in [0.15, 0.2) is 0 Å². The molecular formula is C13H21N5. The molecule has 4 saturated heterocycles. The quantitative estimate of drug-likeness (QED) is 0.581. The Morgan fingerprint density at radius 2 is 1.44 bits per heavy atom. The summed E-state index contributed by atoms with van der Waals surface area (Å²) in [6.07, 6.45) is 0. The lowest BCUT2D eigenvalue weighted by atomic mass is 9.87. The molecule has 1 unspecified atom stereocenters. The molecule has 18 heavy (non-hydrogen) atoms. The van der Waals surface area contributed by atoms with Crippen molar-refractivity contribution in [2.24, 2.45) is 0 Å². The van der Waals surface area contributed by atoms with Crippen molar-refractivity contribution in [3.63, 3.8) is 0 Å². The van der Waals surface area contributed by atoms with Crippen LogP contribution in [0.15, 0.2) is 0 Å². The molecule has 4 rings (SSSR count). The van der Waals surface area contributed by atoms with Gasteiger partial charge in [0.05, 0.1) is 6.07 Å². The maximum atomic E-state index is 9.43. The lowest BCUT2D eigenvalue weighted by molar-refractivity contribution is -0.204. The minimum Gasteiger partial charge on any atom is -0.280 e. The van der Waals surface area contributed by atoms with Crippen molar-refractivity contribution in [3.8, 4) is 6.07 Å². The molecule has 0 N–H and O–H groups in total. The monoisotopic (exact) mass is 247 g/mol. The van der Waals surface area contributed by atoms with Gasteiger partial charge in [0.25, 0.3) is 0 Å². The zero-order valence-electron chi connectivity index (χ0n) is 11.3. The summed E-state index contributed by atoms with van der Waals surface area (Å²) in [5.74, 6) is 0. The lowest BCUT2D eigenvalue weighted by Crippen LogP contribution is -2.81. The van der Waals surface area contributed by atoms with Gasteiger partial charge >= 0.3 is 0 Å². The highest BCUT2D eigenvalue weighted by molar-refractivity contribution is 5.22. The summed E-state index contributed by atoms with van der Waals surface area (Å²) in [6.45, 7) is 12.4. The van der Waals surface area contributed by atoms with Crippen molar-refractivity contribution < 1.29 is 0 Å². The summed E-state index contributed by atoms with van der Waals surface area (Å²) >= 11 is 0. The van der Waals surface area contributed by atoms with Gasteiger partial charge in [-0.3, -0.25) is 19.6 Å². The molecule has 0 spiro atoms. The summed E-state index contributed by atoms with van der Waals surface area (Å²) in [4.78, 5) is 10.3. The normalized spacial score (nSPS) is 49.3. The Morgan fingerprint density at radius 1 is 0.889 bits per heavy atom. The first kappa shape index (κ1) is 11.2. The third-order valence-electron chi connectivity index (χ3n) is 6.11. The van der Waals surface area contributed by atoms with Crippen LogP contribution in [0.4, 0.5) is 0 Å². The molecule has 5 heteroatoms. The first-order valence-corrected chi connectivity index (χ1v) is 7.04. The maximum absolute atomic E-state index is 9.43. The van der Waals surface area contributed by atoms with Gasteiger partial charge in [0.1, 0.15) is 17.4 Å². The second-order valence-electron chi connectivity index (χ2n) is 6.30. The Bertz CT molecular complexity index is 424. The van der Waals surface area contributed by atoms with Crippen LogP contribution in [0.5, 0.6) is 0 Å². The molecule has 4 aliphatic heterocycles. The minimum atomic E-state index is 0.0143. The SMILES string of the molecule is C[C@]12N3CCN1CCN1C(C#N)CN(CC3)[C@]12C. The molecule has 0 aromatic heterocycles. The van der Waals surface area contributed by atoms with Crippen molar-refractivity contribution in [1.29, 1.82) is 5.26 Å². The molecule has 0 radical (unpaired) electrons. The summed E-state index contributed by atoms with van der Waals surface area (Å²) in [6, 6.07) is 2.59. The van der Waals surface area contributed by atoms with Crippen LogP contribution in [0.3, 0.4) is 0 Å². The van der Waals surface area contributed by atoms with E-state index in [-0.39, 0.29) is 17.4 Å². The van der Waals surface area contributed by atoms with E-state index in [1.807, 2.05) is 0 Å². The molecule has 98 valence electrons. The number of hydrogen-bond acceptors (Lipinski definition) is 5. The van der Waals surface area contributed by atoms with Crippen LogP contribution in [0, 0.1) is 11.3 Å². The van der Waals surface area contributed by atoms with Crippen LogP contribution in [0.1, 0.15) is 13.8 Å². The fourth-order valence-electron chi connectivity index (χ4n) is 4.94. The molecule has 3 atom stereocenters. The number of hydrogen-bond donors (Lipinski definition) is 0. The standard InChI is InChI=1S/C13H21N5/c1-12-13(2)17-6-5-15(12)3-4-16(12)7-8-18(13)11(9-14)10-17/h11H,3-8,10H2,1-2H3/t11?,12-,13+/m0/s1. The molecule has 0 aromatic carbocycles. The van der Waals surface area contributed by atoms with Gasteiger partial charge in [-0.2, -0.15) is 5.26 Å². The largest absolute Gasteiger partial charge is 0.280 e. The molecule has 5 nitrogen and oxygen atoms in total. The predicted octanol–water partition coefficient (Wildman–Crippen LogP) is -0.427. The van der Waals surface area contributed by atoms with E-state index >= 15 is 0 Å². The van der Waals surface area contributed by atoms with Crippen molar-refractivity contribution in [2.75, 3.05) is 45.8 Å². The molecule has 0 saturated carbocycles. The first-order valence-electron chi connectivity index (χ1n) is 7.04. The molecule has 0 aromatic rings. The third-order valence-corrected chi connectivity index (χ3v) is 6.11. The molecule has 0 amide bonds. The van der Waals surface area contributed by atoms with Gasteiger partial charge in [-0.25, -0.2) is 0 Å². The lowest BCUT2D eigenvalue weighted by Gasteiger charge is -2.63. The van der Waals surface area contributed by atoms with Crippen LogP contribution in [0.2, 0.25) is 0 Å². The zero-order valence-corrected chi connectivity index (χ0v) is 11.3. The highest BCUT2D eigenvalue weighted by atomic mass is 15.6. The summed E-state index contributed by atoms with van der Waals surface area (Å²) in [5, 5.41) is 9.43. The van der Waals surface area contributed by atoms with Gasteiger partial charge in [0.2, 0.25) is 0 Å². The fraction of sp³-hybridized carbons (Fsp3) is 0.923. The molecule has 4 heterocycles. The average molecular weight is 247 g/mol. The van der Waals surface area contributed by atoms with Crippen LogP contribution in [-0.4, -0.2) is 82.8 Å². The Hall–Kier alpha value is -0.670. The average Bonchev–Trinajstić information content (AvgIpc) is 2.82. The third kappa shape index (κ3) is 0.958. The van der Waals surface area contributed by atoms with Crippen molar-refractivity contribution in [3.05, 3.63) is 0 Å². The highest BCUT2D eigenvalue weighted by Gasteiger charge is 2.68. The minimum absolute atomic E-state index is 0.0143. The molecule has 0 aliphatic carbocycles. The molecule has 4 fully saturated rings. The molecule has 4 aliphatic rings. The summed E-state index contributed by atoms with van der Waals surface area (Å²) in [5.41, 5.74) is 0.107. The smallest absolute Gasteiger partial charge is 0.112 e. The number of nitriles is 1. The Labute approximate surface area is 109 Å². The van der Waals surface area contributed by atoms with Crippen LogP contribution < -0.4 is 0 Å². The molecular weight excluding hydrogens is 226 g/mol. The van der Waals surface area contributed by atoms with Crippen LogP contribution in [0.25, 0.3) is 0 Å². The van der Waals surface area contributed by atoms with Gasteiger partial charge < -0.3 is 0 Å². The van der Waals surface area contributed by atoms with Crippen molar-refractivity contribution in [2.45, 2.75) is 31.2 Å². The van der Waals surface area contributed by atoms with Crippen molar-refractivity contribution >= 4 is 0 Å². The van der Waals surface area contributed by atoms with E-state index in [0.29, 0.717) is 0 Å². The molecule has 0 bridgehead atoms. The topological polar surface area (TPSA) is 36.8 Å². The zero-order chi connectivity index (χ0) is 12.5. The Kier molecular flexibility index (Phi) is 2.02. The van der Waals surface area contributed by atoms with Crippen molar-refractivity contribution in [1.82, 2.24) is 19.6 Å². The van der Waals surface area contributed by atoms with E-state index in [2.05, 4.69) is 39.5 Å². The summed E-state index contributed by atoms with van der Waals surface area (Å²) in [7, 11) is 0. The van der Waals surface area contributed by atoms with E-state index in [1.165, 1.54) is 13.1 Å². The maximum Gasteiger partial charge on any atom is 0.112 e. The number of piperazine rings is 2. The second-order valence-corrected chi connectivity index (χ2v) is 6.30. The number of nitrogens with zero attached hydrogens (tertiary/aromatic N) is 5. The van der Waals surface area contributed by atoms with E-state index < -0.39 is 0 Å². The van der Waals surface area contributed by atoms with E-state index in [0.717, 1.165) is 32.7 Å². The highest BCUT2D eigenvalue weighted by Crippen LogP contribution is 2.50. The van der Waals surface area contributed by atoms with E-state index in [4.69, 9.17) is 0 Å². The van der Waals surface area contributed by atoms with Gasteiger partial charge in [-0.15, -0.1) is 0 Å². The number of rotatable bonds is 0. The second kappa shape index (κ2) is 3.26. The van der Waals surface area contributed by atoms with Crippen LogP contribution in [-0.2, 0) is 0 Å². The first-order chi connectivity index (χ1) is 8.62. The van der Waals surface area contributed by atoms with Gasteiger partial charge in [-0.1, -0.05) is 0 Å². The predicted molar refractivity (Wildman–Crippen MR) is 67.6 cm³/mol. The fourth-order valence-corrected chi connectivity index (χ4v) is 4.94. The Balaban J connectivity index is 1.86. The van der Waals surface area contributed by atoms with Crippen LogP contribution >= 0.6 is 0 Å².